The zero-order valence-corrected chi connectivity index (χ0v) is 11.7. The van der Waals surface area contributed by atoms with Crippen molar-refractivity contribution in [3.63, 3.8) is 0 Å². The van der Waals surface area contributed by atoms with Crippen LogP contribution in [0.3, 0.4) is 0 Å². The van der Waals surface area contributed by atoms with Crippen LogP contribution in [-0.4, -0.2) is 17.6 Å². The van der Waals surface area contributed by atoms with Gasteiger partial charge in [0.1, 0.15) is 11.9 Å². The first kappa shape index (κ1) is 14.7. The largest absolute Gasteiger partial charge is 0.467 e. The molecule has 0 aliphatic heterocycles. The topological polar surface area (TPSA) is 62.5 Å². The molecule has 0 fully saturated rings. The van der Waals surface area contributed by atoms with Gasteiger partial charge in [0.05, 0.1) is 18.4 Å². The summed E-state index contributed by atoms with van der Waals surface area (Å²) in [6.07, 6.45) is 0.379. The van der Waals surface area contributed by atoms with Gasteiger partial charge in [0.25, 0.3) is 5.91 Å². The van der Waals surface area contributed by atoms with Crippen molar-refractivity contribution in [3.05, 3.63) is 58.0 Å². The third-order valence-corrected chi connectivity index (χ3v) is 3.24. The summed E-state index contributed by atoms with van der Waals surface area (Å²) in [5.41, 5.74) is -0.0597. The van der Waals surface area contributed by atoms with E-state index in [-0.39, 0.29) is 16.6 Å². The summed E-state index contributed by atoms with van der Waals surface area (Å²) < 4.78 is 31.1. The fraction of sp³-hybridized carbons (Fsp3) is 0.154. The van der Waals surface area contributed by atoms with Crippen LogP contribution < -0.4 is 5.32 Å². The molecule has 0 saturated heterocycles. The number of carbonyl (C=O) groups is 1. The molecule has 0 radical (unpaired) electrons. The van der Waals surface area contributed by atoms with E-state index in [4.69, 9.17) is 4.42 Å². The Labute approximate surface area is 121 Å². The summed E-state index contributed by atoms with van der Waals surface area (Å²) in [7, 11) is 0. The van der Waals surface area contributed by atoms with Gasteiger partial charge >= 0.3 is 0 Å². The van der Waals surface area contributed by atoms with E-state index >= 15 is 0 Å². The molecule has 2 rings (SSSR count). The molecule has 0 bridgehead atoms. The number of halogens is 3. The number of benzene rings is 1. The number of rotatable bonds is 4. The first-order valence-electron chi connectivity index (χ1n) is 5.63. The average Bonchev–Trinajstić information content (AvgIpc) is 2.94. The zero-order valence-electron chi connectivity index (χ0n) is 10.1. The van der Waals surface area contributed by atoms with Gasteiger partial charge in [-0.25, -0.2) is 8.78 Å². The summed E-state index contributed by atoms with van der Waals surface area (Å²) in [6.45, 7) is -0.113. The number of amides is 1. The normalized spacial score (nSPS) is 12.2. The lowest BCUT2D eigenvalue weighted by Gasteiger charge is -2.10. The van der Waals surface area contributed by atoms with Crippen LogP contribution in [0, 0.1) is 11.6 Å². The van der Waals surface area contributed by atoms with E-state index in [0.29, 0.717) is 5.76 Å². The highest BCUT2D eigenvalue weighted by molar-refractivity contribution is 9.10. The Morgan fingerprint density at radius 1 is 1.40 bits per heavy atom. The monoisotopic (exact) mass is 345 g/mol. The van der Waals surface area contributed by atoms with Gasteiger partial charge < -0.3 is 14.8 Å². The number of hydrogen-bond donors (Lipinski definition) is 2. The Kier molecular flexibility index (Phi) is 4.51. The molecule has 1 aromatic heterocycles. The lowest BCUT2D eigenvalue weighted by molar-refractivity contribution is 0.0900. The molecule has 0 aliphatic rings. The molecule has 0 spiro atoms. The molecule has 1 heterocycles. The molecule has 0 aliphatic carbocycles. The standard InChI is InChI=1S/C13H10BrF2NO3/c14-8-5-10(16)9(15)4-7(8)13(19)17-6-11(18)12-2-1-3-20-12/h1-5,11,18H,6H2,(H,17,19). The maximum absolute atomic E-state index is 13.1. The van der Waals surface area contributed by atoms with E-state index in [9.17, 15) is 18.7 Å². The summed E-state index contributed by atoms with van der Waals surface area (Å²) >= 11 is 2.98. The lowest BCUT2D eigenvalue weighted by Crippen LogP contribution is -2.28. The smallest absolute Gasteiger partial charge is 0.252 e. The van der Waals surface area contributed by atoms with Gasteiger partial charge in [-0.1, -0.05) is 0 Å². The van der Waals surface area contributed by atoms with Crippen LogP contribution in [0.25, 0.3) is 0 Å². The second-order valence-electron chi connectivity index (χ2n) is 3.99. The van der Waals surface area contributed by atoms with E-state index in [1.807, 2.05) is 0 Å². The van der Waals surface area contributed by atoms with Crippen molar-refractivity contribution in [2.45, 2.75) is 6.10 Å². The minimum Gasteiger partial charge on any atom is -0.467 e. The molecule has 1 atom stereocenters. The van der Waals surface area contributed by atoms with E-state index in [1.54, 1.807) is 12.1 Å². The van der Waals surface area contributed by atoms with E-state index in [1.165, 1.54) is 6.26 Å². The molecular weight excluding hydrogens is 336 g/mol. The number of aliphatic hydroxyl groups is 1. The van der Waals surface area contributed by atoms with Gasteiger partial charge in [0.15, 0.2) is 11.6 Å². The molecule has 7 heteroatoms. The SMILES string of the molecule is O=C(NCC(O)c1ccco1)c1cc(F)c(F)cc1Br. The van der Waals surface area contributed by atoms with Gasteiger partial charge in [-0.05, 0) is 40.2 Å². The maximum Gasteiger partial charge on any atom is 0.252 e. The predicted molar refractivity (Wildman–Crippen MR) is 70.1 cm³/mol. The Morgan fingerprint density at radius 2 is 2.10 bits per heavy atom. The summed E-state index contributed by atoms with van der Waals surface area (Å²) in [5.74, 6) is -2.51. The van der Waals surface area contributed by atoms with Crippen molar-refractivity contribution in [1.29, 1.82) is 0 Å². The molecule has 2 N–H and O–H groups in total. The van der Waals surface area contributed by atoms with Gasteiger partial charge in [-0.2, -0.15) is 0 Å². The molecule has 106 valence electrons. The number of aliphatic hydroxyl groups excluding tert-OH is 1. The summed E-state index contributed by atoms with van der Waals surface area (Å²) in [6, 6.07) is 4.82. The first-order valence-corrected chi connectivity index (χ1v) is 6.42. The lowest BCUT2D eigenvalue weighted by atomic mass is 10.2. The number of nitrogens with one attached hydrogen (secondary N) is 1. The van der Waals surface area contributed by atoms with Gasteiger partial charge in [-0.3, -0.25) is 4.79 Å². The van der Waals surface area contributed by atoms with E-state index < -0.39 is 23.6 Å². The van der Waals surface area contributed by atoms with Crippen molar-refractivity contribution < 1.29 is 23.1 Å². The van der Waals surface area contributed by atoms with Crippen LogP contribution in [0.5, 0.6) is 0 Å². The number of carbonyl (C=O) groups excluding carboxylic acids is 1. The van der Waals surface area contributed by atoms with Crippen LogP contribution >= 0.6 is 15.9 Å². The first-order chi connectivity index (χ1) is 9.49. The quantitative estimate of drug-likeness (QED) is 0.837. The second kappa shape index (κ2) is 6.15. The third-order valence-electron chi connectivity index (χ3n) is 2.58. The molecular formula is C13H10BrF2NO3. The van der Waals surface area contributed by atoms with Crippen molar-refractivity contribution in [2.24, 2.45) is 0 Å². The molecule has 1 aromatic carbocycles. The molecule has 1 amide bonds. The summed E-state index contributed by atoms with van der Waals surface area (Å²) in [4.78, 5) is 11.8. The Morgan fingerprint density at radius 3 is 2.75 bits per heavy atom. The Hall–Kier alpha value is -1.73. The highest BCUT2D eigenvalue weighted by Gasteiger charge is 2.17. The minimum atomic E-state index is -1.12. The highest BCUT2D eigenvalue weighted by atomic mass is 79.9. The van der Waals surface area contributed by atoms with Crippen molar-refractivity contribution >= 4 is 21.8 Å². The molecule has 0 saturated carbocycles. The third kappa shape index (κ3) is 3.23. The predicted octanol–water partition coefficient (Wildman–Crippen LogP) is 2.78. The maximum atomic E-state index is 13.1. The van der Waals surface area contributed by atoms with Crippen molar-refractivity contribution in [2.75, 3.05) is 6.54 Å². The highest BCUT2D eigenvalue weighted by Crippen LogP contribution is 2.21. The molecule has 2 aromatic rings. The van der Waals surface area contributed by atoms with E-state index in [0.717, 1.165) is 12.1 Å². The fourth-order valence-corrected chi connectivity index (χ4v) is 2.06. The van der Waals surface area contributed by atoms with Crippen molar-refractivity contribution in [1.82, 2.24) is 5.32 Å². The second-order valence-corrected chi connectivity index (χ2v) is 4.84. The zero-order chi connectivity index (χ0) is 14.7. The van der Waals surface area contributed by atoms with Gasteiger partial charge in [0.2, 0.25) is 0 Å². The van der Waals surface area contributed by atoms with Gasteiger partial charge in [0, 0.05) is 4.47 Å². The molecule has 1 unspecified atom stereocenters. The molecule has 4 nitrogen and oxygen atoms in total. The summed E-state index contributed by atoms with van der Waals surface area (Å²) in [5, 5.41) is 12.1. The van der Waals surface area contributed by atoms with Crippen LogP contribution in [0.4, 0.5) is 8.78 Å². The van der Waals surface area contributed by atoms with Crippen LogP contribution in [0.1, 0.15) is 22.2 Å². The van der Waals surface area contributed by atoms with E-state index in [2.05, 4.69) is 21.2 Å². The Bertz CT molecular complexity index is 616. The fourth-order valence-electron chi connectivity index (χ4n) is 1.56. The number of hydrogen-bond acceptors (Lipinski definition) is 3. The Balaban J connectivity index is 2.04. The average molecular weight is 346 g/mol. The minimum absolute atomic E-state index is 0.0597. The van der Waals surface area contributed by atoms with Crippen LogP contribution in [-0.2, 0) is 0 Å². The van der Waals surface area contributed by atoms with Crippen LogP contribution in [0.2, 0.25) is 0 Å². The van der Waals surface area contributed by atoms with Crippen molar-refractivity contribution in [3.8, 4) is 0 Å². The number of furan rings is 1. The molecule has 20 heavy (non-hydrogen) atoms. The van der Waals surface area contributed by atoms with Crippen LogP contribution in [0.15, 0.2) is 39.4 Å². The van der Waals surface area contributed by atoms with Gasteiger partial charge in [-0.15, -0.1) is 0 Å².